The van der Waals surface area contributed by atoms with Crippen LogP contribution in [-0.4, -0.2) is 43.9 Å². The van der Waals surface area contributed by atoms with Gasteiger partial charge in [-0.05, 0) is 12.3 Å². The summed E-state index contributed by atoms with van der Waals surface area (Å²) in [5.74, 6) is 2.15. The SMILES string of the molecule is CN(CC1CCn2ccnc2C1)C(=O)Nc1ccn(C)n1. The molecule has 1 aliphatic rings. The van der Waals surface area contributed by atoms with Crippen LogP contribution in [0.5, 0.6) is 0 Å². The molecule has 0 spiro atoms. The van der Waals surface area contributed by atoms with Crippen LogP contribution in [0, 0.1) is 5.92 Å². The predicted octanol–water partition coefficient (Wildman–Crippen LogP) is 1.34. The zero-order valence-corrected chi connectivity index (χ0v) is 12.4. The van der Waals surface area contributed by atoms with Crippen molar-refractivity contribution < 1.29 is 4.79 Å². The van der Waals surface area contributed by atoms with E-state index in [0.717, 1.165) is 31.8 Å². The molecule has 0 bridgehead atoms. The van der Waals surface area contributed by atoms with Crippen LogP contribution < -0.4 is 5.32 Å². The Kier molecular flexibility index (Phi) is 3.64. The highest BCUT2D eigenvalue weighted by Gasteiger charge is 2.22. The van der Waals surface area contributed by atoms with Crippen LogP contribution in [0.15, 0.2) is 24.7 Å². The van der Waals surface area contributed by atoms with Gasteiger partial charge >= 0.3 is 6.03 Å². The average Bonchev–Trinajstić information content (AvgIpc) is 3.07. The van der Waals surface area contributed by atoms with Gasteiger partial charge in [0.15, 0.2) is 5.82 Å². The van der Waals surface area contributed by atoms with Crippen molar-refractivity contribution in [2.24, 2.45) is 13.0 Å². The van der Waals surface area contributed by atoms with Crippen molar-refractivity contribution in [1.29, 1.82) is 0 Å². The molecule has 0 saturated heterocycles. The number of anilines is 1. The van der Waals surface area contributed by atoms with Crippen LogP contribution in [0.25, 0.3) is 0 Å². The predicted molar refractivity (Wildman–Crippen MR) is 78.9 cm³/mol. The Morgan fingerprint density at radius 1 is 1.52 bits per heavy atom. The summed E-state index contributed by atoms with van der Waals surface area (Å²) in [6.07, 6.45) is 7.66. The normalized spacial score (nSPS) is 17.3. The zero-order valence-electron chi connectivity index (χ0n) is 12.4. The average molecular weight is 288 g/mol. The molecule has 3 rings (SSSR count). The molecule has 1 aliphatic heterocycles. The Labute approximate surface area is 123 Å². The first-order valence-corrected chi connectivity index (χ1v) is 7.13. The van der Waals surface area contributed by atoms with Gasteiger partial charge in [-0.25, -0.2) is 9.78 Å². The lowest BCUT2D eigenvalue weighted by Gasteiger charge is -2.27. The third-order valence-corrected chi connectivity index (χ3v) is 3.88. The van der Waals surface area contributed by atoms with Gasteiger partial charge in [0, 0.05) is 58.3 Å². The molecule has 2 aromatic heterocycles. The van der Waals surface area contributed by atoms with Crippen molar-refractivity contribution in [3.63, 3.8) is 0 Å². The maximum atomic E-state index is 12.1. The minimum Gasteiger partial charge on any atom is -0.335 e. The van der Waals surface area contributed by atoms with E-state index in [9.17, 15) is 4.79 Å². The van der Waals surface area contributed by atoms with E-state index in [1.54, 1.807) is 21.8 Å². The maximum absolute atomic E-state index is 12.1. The Bertz CT molecular complexity index is 631. The van der Waals surface area contributed by atoms with Gasteiger partial charge in [-0.1, -0.05) is 0 Å². The fourth-order valence-corrected chi connectivity index (χ4v) is 2.73. The third-order valence-electron chi connectivity index (χ3n) is 3.88. The number of aryl methyl sites for hydroxylation is 2. The van der Waals surface area contributed by atoms with Gasteiger partial charge < -0.3 is 9.47 Å². The Morgan fingerprint density at radius 2 is 2.38 bits per heavy atom. The number of imidazole rings is 1. The van der Waals surface area contributed by atoms with E-state index in [1.807, 2.05) is 26.5 Å². The first kappa shape index (κ1) is 13.7. The first-order valence-electron chi connectivity index (χ1n) is 7.13. The van der Waals surface area contributed by atoms with E-state index < -0.39 is 0 Å². The topological polar surface area (TPSA) is 68.0 Å². The lowest BCUT2D eigenvalue weighted by molar-refractivity contribution is 0.207. The molecule has 1 N–H and O–H groups in total. The highest BCUT2D eigenvalue weighted by molar-refractivity contribution is 5.87. The number of urea groups is 1. The van der Waals surface area contributed by atoms with Crippen molar-refractivity contribution in [1.82, 2.24) is 24.2 Å². The van der Waals surface area contributed by atoms with Crippen molar-refractivity contribution in [3.05, 3.63) is 30.5 Å². The zero-order chi connectivity index (χ0) is 14.8. The van der Waals surface area contributed by atoms with Crippen molar-refractivity contribution in [3.8, 4) is 0 Å². The molecule has 0 aliphatic carbocycles. The summed E-state index contributed by atoms with van der Waals surface area (Å²) in [6, 6.07) is 1.66. The standard InChI is InChI=1S/C14H20N6O/c1-18(14(21)16-12-4-6-19(2)17-12)10-11-3-7-20-8-5-15-13(20)9-11/h4-6,8,11H,3,7,9-10H2,1-2H3,(H,16,17,21). The number of hydrogen-bond acceptors (Lipinski definition) is 3. The minimum atomic E-state index is -0.123. The molecule has 7 nitrogen and oxygen atoms in total. The fourth-order valence-electron chi connectivity index (χ4n) is 2.73. The molecule has 21 heavy (non-hydrogen) atoms. The van der Waals surface area contributed by atoms with Crippen molar-refractivity contribution in [2.45, 2.75) is 19.4 Å². The van der Waals surface area contributed by atoms with Gasteiger partial charge in [-0.2, -0.15) is 5.10 Å². The molecule has 2 amide bonds. The summed E-state index contributed by atoms with van der Waals surface area (Å²) >= 11 is 0. The summed E-state index contributed by atoms with van der Waals surface area (Å²) in [5.41, 5.74) is 0. The molecule has 0 saturated carbocycles. The first-order chi connectivity index (χ1) is 10.1. The summed E-state index contributed by atoms with van der Waals surface area (Å²) in [4.78, 5) is 18.2. The van der Waals surface area contributed by atoms with Crippen LogP contribution >= 0.6 is 0 Å². The van der Waals surface area contributed by atoms with Gasteiger partial charge in [0.05, 0.1) is 0 Å². The van der Waals surface area contributed by atoms with Gasteiger partial charge in [0.1, 0.15) is 5.82 Å². The second-order valence-corrected chi connectivity index (χ2v) is 5.58. The van der Waals surface area contributed by atoms with Crippen LogP contribution in [0.4, 0.5) is 10.6 Å². The monoisotopic (exact) mass is 288 g/mol. The molecule has 0 fully saturated rings. The number of carbonyl (C=O) groups excluding carboxylic acids is 1. The molecular weight excluding hydrogens is 268 g/mol. The van der Waals surface area contributed by atoms with Crippen LogP contribution in [0.2, 0.25) is 0 Å². The van der Waals surface area contributed by atoms with Gasteiger partial charge in [-0.3, -0.25) is 10.00 Å². The molecule has 1 unspecified atom stereocenters. The van der Waals surface area contributed by atoms with E-state index in [4.69, 9.17) is 0 Å². The number of carbonyl (C=O) groups is 1. The molecule has 1 atom stereocenters. The van der Waals surface area contributed by atoms with E-state index >= 15 is 0 Å². The Hall–Kier alpha value is -2.31. The van der Waals surface area contributed by atoms with Crippen LogP contribution in [0.3, 0.4) is 0 Å². The van der Waals surface area contributed by atoms with Crippen molar-refractivity contribution >= 4 is 11.8 Å². The number of amides is 2. The fraction of sp³-hybridized carbons (Fsp3) is 0.500. The summed E-state index contributed by atoms with van der Waals surface area (Å²) in [7, 11) is 3.64. The quantitative estimate of drug-likeness (QED) is 0.927. The summed E-state index contributed by atoms with van der Waals surface area (Å²) in [6.45, 7) is 1.71. The molecule has 0 radical (unpaired) electrons. The van der Waals surface area contributed by atoms with E-state index in [1.165, 1.54) is 0 Å². The van der Waals surface area contributed by atoms with Gasteiger partial charge in [0.25, 0.3) is 0 Å². The van der Waals surface area contributed by atoms with E-state index in [2.05, 4.69) is 20.0 Å². The number of nitrogens with zero attached hydrogens (tertiary/aromatic N) is 5. The summed E-state index contributed by atoms with van der Waals surface area (Å²) < 4.78 is 3.85. The Balaban J connectivity index is 1.54. The molecule has 7 heteroatoms. The smallest absolute Gasteiger partial charge is 0.322 e. The molecule has 112 valence electrons. The van der Waals surface area contributed by atoms with E-state index in [-0.39, 0.29) is 6.03 Å². The third kappa shape index (κ3) is 3.07. The molecular formula is C14H20N6O. The number of fused-ring (bicyclic) bond motifs is 1. The number of hydrogen-bond donors (Lipinski definition) is 1. The summed E-state index contributed by atoms with van der Waals surface area (Å²) in [5, 5.41) is 6.95. The molecule has 3 heterocycles. The van der Waals surface area contributed by atoms with E-state index in [0.29, 0.717) is 11.7 Å². The lowest BCUT2D eigenvalue weighted by atomic mass is 9.97. The number of nitrogens with one attached hydrogen (secondary N) is 1. The molecule has 2 aromatic rings. The highest BCUT2D eigenvalue weighted by atomic mass is 16.2. The highest BCUT2D eigenvalue weighted by Crippen LogP contribution is 2.20. The van der Waals surface area contributed by atoms with Crippen LogP contribution in [0.1, 0.15) is 12.2 Å². The lowest BCUT2D eigenvalue weighted by Crippen LogP contribution is -2.37. The van der Waals surface area contributed by atoms with Gasteiger partial charge in [0.2, 0.25) is 0 Å². The van der Waals surface area contributed by atoms with Crippen LogP contribution in [-0.2, 0) is 20.0 Å². The minimum absolute atomic E-state index is 0.123. The number of rotatable bonds is 3. The molecule has 0 aromatic carbocycles. The maximum Gasteiger partial charge on any atom is 0.322 e. The van der Waals surface area contributed by atoms with Gasteiger partial charge in [-0.15, -0.1) is 0 Å². The second-order valence-electron chi connectivity index (χ2n) is 5.58. The largest absolute Gasteiger partial charge is 0.335 e. The van der Waals surface area contributed by atoms with Crippen molar-refractivity contribution in [2.75, 3.05) is 18.9 Å². The second kappa shape index (κ2) is 5.59. The number of aromatic nitrogens is 4. The Morgan fingerprint density at radius 3 is 3.14 bits per heavy atom.